The maximum atomic E-state index is 12.8. The SMILES string of the molecule is CC(=O)OC1CCCN(Cc2ccc(F)cc2)C1. The first-order chi connectivity index (χ1) is 8.63. The molecule has 0 amide bonds. The molecule has 0 aliphatic carbocycles. The van der Waals surface area contributed by atoms with E-state index in [1.807, 2.05) is 0 Å². The lowest BCUT2D eigenvalue weighted by atomic mass is 10.1. The Labute approximate surface area is 107 Å². The van der Waals surface area contributed by atoms with Gasteiger partial charge in [-0.05, 0) is 37.1 Å². The third-order valence-electron chi connectivity index (χ3n) is 3.11. The maximum Gasteiger partial charge on any atom is 0.302 e. The molecule has 3 nitrogen and oxygen atoms in total. The van der Waals surface area contributed by atoms with Crippen molar-refractivity contribution in [3.05, 3.63) is 35.6 Å². The number of halogens is 1. The van der Waals surface area contributed by atoms with E-state index in [2.05, 4.69) is 4.90 Å². The van der Waals surface area contributed by atoms with E-state index in [4.69, 9.17) is 4.74 Å². The van der Waals surface area contributed by atoms with Gasteiger partial charge in [0.2, 0.25) is 0 Å². The number of piperidine rings is 1. The fourth-order valence-corrected chi connectivity index (χ4v) is 2.34. The van der Waals surface area contributed by atoms with E-state index in [0.29, 0.717) is 0 Å². The van der Waals surface area contributed by atoms with Gasteiger partial charge in [0.1, 0.15) is 11.9 Å². The normalized spacial score (nSPS) is 20.7. The first-order valence-corrected chi connectivity index (χ1v) is 6.27. The summed E-state index contributed by atoms with van der Waals surface area (Å²) in [5, 5.41) is 0. The summed E-state index contributed by atoms with van der Waals surface area (Å²) in [6, 6.07) is 6.54. The molecule has 1 aromatic carbocycles. The van der Waals surface area contributed by atoms with E-state index in [-0.39, 0.29) is 17.9 Å². The van der Waals surface area contributed by atoms with Crippen LogP contribution in [-0.4, -0.2) is 30.1 Å². The molecule has 2 rings (SSSR count). The highest BCUT2D eigenvalue weighted by Gasteiger charge is 2.21. The van der Waals surface area contributed by atoms with E-state index >= 15 is 0 Å². The first kappa shape index (κ1) is 13.0. The minimum atomic E-state index is -0.219. The van der Waals surface area contributed by atoms with Gasteiger partial charge in [-0.2, -0.15) is 0 Å². The molecule has 18 heavy (non-hydrogen) atoms. The van der Waals surface area contributed by atoms with Crippen LogP contribution in [0.5, 0.6) is 0 Å². The summed E-state index contributed by atoms with van der Waals surface area (Å²) in [5.74, 6) is -0.432. The van der Waals surface area contributed by atoms with E-state index in [9.17, 15) is 9.18 Å². The monoisotopic (exact) mass is 251 g/mol. The summed E-state index contributed by atoms with van der Waals surface area (Å²) in [4.78, 5) is 13.2. The first-order valence-electron chi connectivity index (χ1n) is 6.27. The van der Waals surface area contributed by atoms with Crippen molar-refractivity contribution < 1.29 is 13.9 Å². The number of hydrogen-bond donors (Lipinski definition) is 0. The van der Waals surface area contributed by atoms with Gasteiger partial charge in [-0.25, -0.2) is 4.39 Å². The third-order valence-corrected chi connectivity index (χ3v) is 3.11. The topological polar surface area (TPSA) is 29.5 Å². The number of esters is 1. The molecule has 1 unspecified atom stereocenters. The van der Waals surface area contributed by atoms with Crippen molar-refractivity contribution in [1.82, 2.24) is 4.90 Å². The standard InChI is InChI=1S/C14H18FNO2/c1-11(17)18-14-3-2-8-16(10-14)9-12-4-6-13(15)7-5-12/h4-7,14H,2-3,8-10H2,1H3. The molecular weight excluding hydrogens is 233 g/mol. The van der Waals surface area contributed by atoms with Crippen LogP contribution in [0.25, 0.3) is 0 Å². The van der Waals surface area contributed by atoms with Crippen LogP contribution in [0.2, 0.25) is 0 Å². The summed E-state index contributed by atoms with van der Waals surface area (Å²) >= 11 is 0. The number of carbonyl (C=O) groups excluding carboxylic acids is 1. The highest BCUT2D eigenvalue weighted by atomic mass is 19.1. The Hall–Kier alpha value is -1.42. The predicted octanol–water partition coefficient (Wildman–Crippen LogP) is 2.35. The molecule has 1 heterocycles. The largest absolute Gasteiger partial charge is 0.461 e. The summed E-state index contributed by atoms with van der Waals surface area (Å²) < 4.78 is 18.0. The van der Waals surface area contributed by atoms with E-state index in [1.165, 1.54) is 19.1 Å². The quantitative estimate of drug-likeness (QED) is 0.772. The second kappa shape index (κ2) is 5.96. The highest BCUT2D eigenvalue weighted by molar-refractivity contribution is 5.66. The van der Waals surface area contributed by atoms with Crippen LogP contribution in [0.3, 0.4) is 0 Å². The summed E-state index contributed by atoms with van der Waals surface area (Å²) in [6.07, 6.45) is 1.95. The number of rotatable bonds is 3. The molecule has 0 radical (unpaired) electrons. The molecule has 0 bridgehead atoms. The van der Waals surface area contributed by atoms with Gasteiger partial charge in [-0.1, -0.05) is 12.1 Å². The smallest absolute Gasteiger partial charge is 0.302 e. The van der Waals surface area contributed by atoms with Gasteiger partial charge in [0.25, 0.3) is 0 Å². The molecule has 0 aromatic heterocycles. The molecule has 1 saturated heterocycles. The van der Waals surface area contributed by atoms with Gasteiger partial charge < -0.3 is 4.74 Å². The molecule has 1 aromatic rings. The lowest BCUT2D eigenvalue weighted by Crippen LogP contribution is -2.39. The number of carbonyl (C=O) groups is 1. The van der Waals surface area contributed by atoms with E-state index in [0.717, 1.165) is 38.0 Å². The van der Waals surface area contributed by atoms with E-state index in [1.54, 1.807) is 12.1 Å². The van der Waals surface area contributed by atoms with Crippen LogP contribution in [0, 0.1) is 5.82 Å². The number of ether oxygens (including phenoxy) is 1. The van der Waals surface area contributed by atoms with Gasteiger partial charge in [0.15, 0.2) is 0 Å². The molecular formula is C14H18FNO2. The Kier molecular flexibility index (Phi) is 4.31. The lowest BCUT2D eigenvalue weighted by molar-refractivity contribution is -0.148. The van der Waals surface area contributed by atoms with Gasteiger partial charge in [-0.15, -0.1) is 0 Å². The van der Waals surface area contributed by atoms with Crippen molar-refractivity contribution in [2.75, 3.05) is 13.1 Å². The average molecular weight is 251 g/mol. The molecule has 1 fully saturated rings. The zero-order valence-electron chi connectivity index (χ0n) is 10.6. The zero-order chi connectivity index (χ0) is 13.0. The number of hydrogen-bond acceptors (Lipinski definition) is 3. The number of benzene rings is 1. The molecule has 1 aliphatic heterocycles. The molecule has 98 valence electrons. The minimum Gasteiger partial charge on any atom is -0.461 e. The van der Waals surface area contributed by atoms with E-state index < -0.39 is 0 Å². The Bertz CT molecular complexity index is 405. The summed E-state index contributed by atoms with van der Waals surface area (Å²) in [7, 11) is 0. The van der Waals surface area contributed by atoms with Gasteiger partial charge in [0.05, 0.1) is 0 Å². The van der Waals surface area contributed by atoms with Crippen LogP contribution in [0.4, 0.5) is 4.39 Å². The molecule has 4 heteroatoms. The van der Waals surface area contributed by atoms with Crippen molar-refractivity contribution in [1.29, 1.82) is 0 Å². The van der Waals surface area contributed by atoms with Crippen LogP contribution in [0.1, 0.15) is 25.3 Å². The fraction of sp³-hybridized carbons (Fsp3) is 0.500. The zero-order valence-corrected chi connectivity index (χ0v) is 10.6. The van der Waals surface area contributed by atoms with Gasteiger partial charge in [-0.3, -0.25) is 9.69 Å². The summed E-state index contributed by atoms with van der Waals surface area (Å²) in [5.41, 5.74) is 1.08. The van der Waals surface area contributed by atoms with Crippen LogP contribution in [0.15, 0.2) is 24.3 Å². The molecule has 0 N–H and O–H groups in total. The van der Waals surface area contributed by atoms with Gasteiger partial charge in [0, 0.05) is 20.0 Å². The van der Waals surface area contributed by atoms with Crippen molar-refractivity contribution in [3.8, 4) is 0 Å². The second-order valence-corrected chi connectivity index (χ2v) is 4.74. The fourth-order valence-electron chi connectivity index (χ4n) is 2.34. The number of nitrogens with zero attached hydrogens (tertiary/aromatic N) is 1. The number of likely N-dealkylation sites (tertiary alicyclic amines) is 1. The maximum absolute atomic E-state index is 12.8. The molecule has 1 atom stereocenters. The van der Waals surface area contributed by atoms with Crippen LogP contribution >= 0.6 is 0 Å². The van der Waals surface area contributed by atoms with Crippen molar-refractivity contribution >= 4 is 5.97 Å². The third kappa shape index (κ3) is 3.81. The second-order valence-electron chi connectivity index (χ2n) is 4.74. The highest BCUT2D eigenvalue weighted by Crippen LogP contribution is 2.16. The molecule has 1 aliphatic rings. The van der Waals surface area contributed by atoms with Crippen molar-refractivity contribution in [3.63, 3.8) is 0 Å². The van der Waals surface area contributed by atoms with Crippen LogP contribution in [-0.2, 0) is 16.1 Å². The summed E-state index contributed by atoms with van der Waals surface area (Å²) in [6.45, 7) is 3.98. The van der Waals surface area contributed by atoms with Gasteiger partial charge >= 0.3 is 5.97 Å². The van der Waals surface area contributed by atoms with Crippen molar-refractivity contribution in [2.45, 2.75) is 32.4 Å². The molecule has 0 saturated carbocycles. The Morgan fingerprint density at radius 3 is 2.83 bits per heavy atom. The lowest BCUT2D eigenvalue weighted by Gasteiger charge is -2.32. The predicted molar refractivity (Wildman–Crippen MR) is 66.5 cm³/mol. The minimum absolute atomic E-state index is 0.00306. The Morgan fingerprint density at radius 2 is 2.17 bits per heavy atom. The van der Waals surface area contributed by atoms with Crippen LogP contribution < -0.4 is 0 Å². The Morgan fingerprint density at radius 1 is 1.44 bits per heavy atom. The Balaban J connectivity index is 1.89. The molecule has 0 spiro atoms. The average Bonchev–Trinajstić information content (AvgIpc) is 2.32. The van der Waals surface area contributed by atoms with Crippen molar-refractivity contribution in [2.24, 2.45) is 0 Å².